The fourth-order valence-electron chi connectivity index (χ4n) is 3.54. The molecule has 0 aliphatic carbocycles. The Kier molecular flexibility index (Phi) is 7.00. The van der Waals surface area contributed by atoms with Gasteiger partial charge in [-0.25, -0.2) is 0 Å². The van der Waals surface area contributed by atoms with Crippen molar-refractivity contribution in [2.75, 3.05) is 24.5 Å². The van der Waals surface area contributed by atoms with Crippen LogP contribution in [0.4, 0.5) is 11.4 Å². The van der Waals surface area contributed by atoms with Gasteiger partial charge in [0, 0.05) is 49.1 Å². The number of para-hydroxylation sites is 1. The molecule has 1 saturated heterocycles. The van der Waals surface area contributed by atoms with E-state index in [1.54, 1.807) is 0 Å². The van der Waals surface area contributed by atoms with Crippen LogP contribution in [0.1, 0.15) is 46.9 Å². The van der Waals surface area contributed by atoms with Gasteiger partial charge in [0.15, 0.2) is 0 Å². The summed E-state index contributed by atoms with van der Waals surface area (Å²) in [7, 11) is 0. The summed E-state index contributed by atoms with van der Waals surface area (Å²) in [6.45, 7) is 4.11. The largest absolute Gasteiger partial charge is 0.371 e. The fourth-order valence-corrected chi connectivity index (χ4v) is 3.54. The average Bonchev–Trinajstić information content (AvgIpc) is 2.78. The molecule has 2 N–H and O–H groups in total. The first-order chi connectivity index (χ1) is 14.5. The molecule has 2 aromatic rings. The molecule has 0 saturated carbocycles. The minimum Gasteiger partial charge on any atom is -0.371 e. The van der Waals surface area contributed by atoms with E-state index in [-0.39, 0.29) is 23.5 Å². The number of hydrogen-bond donors (Lipinski definition) is 2. The average molecular weight is 410 g/mol. The molecule has 1 fully saturated rings. The Hall–Kier alpha value is -3.42. The molecule has 1 aliphatic heterocycles. The number of hydrogen-bond acceptors (Lipinski definition) is 5. The second-order valence-corrected chi connectivity index (χ2v) is 7.31. The van der Waals surface area contributed by atoms with E-state index in [0.717, 1.165) is 38.0 Å². The monoisotopic (exact) mass is 410 g/mol. The summed E-state index contributed by atoms with van der Waals surface area (Å²) in [5.41, 5.74) is 1.94. The van der Waals surface area contributed by atoms with Crippen molar-refractivity contribution in [1.29, 1.82) is 0 Å². The molecule has 0 spiro atoms. The molecule has 8 heteroatoms. The van der Waals surface area contributed by atoms with E-state index in [1.807, 2.05) is 31.2 Å². The van der Waals surface area contributed by atoms with Crippen molar-refractivity contribution in [3.05, 3.63) is 69.8 Å². The summed E-state index contributed by atoms with van der Waals surface area (Å²) in [5.74, 6) is -0.302. The lowest BCUT2D eigenvalue weighted by molar-refractivity contribution is -0.384. The van der Waals surface area contributed by atoms with Crippen LogP contribution in [0.5, 0.6) is 0 Å². The zero-order chi connectivity index (χ0) is 21.5. The van der Waals surface area contributed by atoms with Crippen LogP contribution in [0.2, 0.25) is 0 Å². The number of carbonyl (C=O) groups excluding carboxylic acids is 2. The second kappa shape index (κ2) is 9.87. The highest BCUT2D eigenvalue weighted by Crippen LogP contribution is 2.24. The molecular formula is C22H26N4O4. The van der Waals surface area contributed by atoms with Gasteiger partial charge in [0.05, 0.1) is 10.5 Å². The molecule has 1 aliphatic rings. The predicted octanol–water partition coefficient (Wildman–Crippen LogP) is 3.13. The second-order valence-electron chi connectivity index (χ2n) is 7.31. The lowest BCUT2D eigenvalue weighted by Crippen LogP contribution is -2.45. The lowest BCUT2D eigenvalue weighted by Gasteiger charge is -2.35. The van der Waals surface area contributed by atoms with E-state index in [0.29, 0.717) is 17.7 Å². The van der Waals surface area contributed by atoms with Gasteiger partial charge in [0.2, 0.25) is 0 Å². The Labute approximate surface area is 175 Å². The zero-order valence-corrected chi connectivity index (χ0v) is 17.0. The standard InChI is InChI=1S/C22H26N4O4/c1-2-13-23-22(28)19-5-3-4-6-20(19)25-14-11-17(12-15-25)24-21(27)16-7-9-18(10-8-16)26(29)30/h3-10,17H,2,11-15H2,1H3,(H,23,28)(H,24,27). The van der Waals surface area contributed by atoms with Gasteiger partial charge in [-0.15, -0.1) is 0 Å². The Morgan fingerprint density at radius 2 is 1.73 bits per heavy atom. The van der Waals surface area contributed by atoms with Gasteiger partial charge in [0.25, 0.3) is 17.5 Å². The minimum absolute atomic E-state index is 0.0185. The molecule has 1 heterocycles. The van der Waals surface area contributed by atoms with Crippen molar-refractivity contribution in [1.82, 2.24) is 10.6 Å². The number of non-ortho nitro benzene ring substituents is 1. The van der Waals surface area contributed by atoms with Crippen LogP contribution in [0.3, 0.4) is 0 Å². The van der Waals surface area contributed by atoms with Crippen molar-refractivity contribution in [3.63, 3.8) is 0 Å². The Morgan fingerprint density at radius 1 is 1.07 bits per heavy atom. The zero-order valence-electron chi connectivity index (χ0n) is 17.0. The lowest BCUT2D eigenvalue weighted by atomic mass is 10.0. The highest BCUT2D eigenvalue weighted by atomic mass is 16.6. The quantitative estimate of drug-likeness (QED) is 0.539. The van der Waals surface area contributed by atoms with Gasteiger partial charge < -0.3 is 15.5 Å². The summed E-state index contributed by atoms with van der Waals surface area (Å²) in [6, 6.07) is 13.2. The maximum atomic E-state index is 12.5. The number of anilines is 1. The highest BCUT2D eigenvalue weighted by molar-refractivity contribution is 5.99. The van der Waals surface area contributed by atoms with Gasteiger partial charge in [-0.1, -0.05) is 19.1 Å². The molecule has 2 aromatic carbocycles. The number of nitro groups is 1. The summed E-state index contributed by atoms with van der Waals surface area (Å²) < 4.78 is 0. The molecule has 2 amide bonds. The Bertz CT molecular complexity index is 906. The summed E-state index contributed by atoms with van der Waals surface area (Å²) in [5, 5.41) is 16.7. The highest BCUT2D eigenvalue weighted by Gasteiger charge is 2.24. The number of nitrogens with one attached hydrogen (secondary N) is 2. The minimum atomic E-state index is -0.488. The van der Waals surface area contributed by atoms with Crippen LogP contribution >= 0.6 is 0 Å². The van der Waals surface area contributed by atoms with Crippen LogP contribution in [-0.2, 0) is 0 Å². The van der Waals surface area contributed by atoms with Crippen molar-refractivity contribution in [2.24, 2.45) is 0 Å². The molecule has 0 radical (unpaired) electrons. The van der Waals surface area contributed by atoms with E-state index in [4.69, 9.17) is 0 Å². The third-order valence-electron chi connectivity index (χ3n) is 5.20. The van der Waals surface area contributed by atoms with Gasteiger partial charge in [-0.3, -0.25) is 19.7 Å². The van der Waals surface area contributed by atoms with Crippen molar-refractivity contribution >= 4 is 23.2 Å². The third-order valence-corrected chi connectivity index (χ3v) is 5.20. The number of nitrogens with zero attached hydrogens (tertiary/aromatic N) is 2. The topological polar surface area (TPSA) is 105 Å². The van der Waals surface area contributed by atoms with E-state index in [2.05, 4.69) is 15.5 Å². The first-order valence-electron chi connectivity index (χ1n) is 10.2. The molecule has 0 unspecified atom stereocenters. The third kappa shape index (κ3) is 5.14. The van der Waals surface area contributed by atoms with E-state index >= 15 is 0 Å². The summed E-state index contributed by atoms with van der Waals surface area (Å²) in [4.78, 5) is 37.3. The van der Waals surface area contributed by atoms with Crippen LogP contribution in [0.15, 0.2) is 48.5 Å². The number of piperidine rings is 1. The van der Waals surface area contributed by atoms with E-state index < -0.39 is 4.92 Å². The number of benzene rings is 2. The smallest absolute Gasteiger partial charge is 0.269 e. The predicted molar refractivity (Wildman–Crippen MR) is 115 cm³/mol. The van der Waals surface area contributed by atoms with Crippen molar-refractivity contribution < 1.29 is 14.5 Å². The van der Waals surface area contributed by atoms with Gasteiger partial charge >= 0.3 is 0 Å². The fraction of sp³-hybridized carbons (Fsp3) is 0.364. The molecule has 8 nitrogen and oxygen atoms in total. The maximum absolute atomic E-state index is 12.5. The number of amides is 2. The normalized spacial score (nSPS) is 14.2. The summed E-state index contributed by atoms with van der Waals surface area (Å²) >= 11 is 0. The summed E-state index contributed by atoms with van der Waals surface area (Å²) in [6.07, 6.45) is 2.39. The first-order valence-corrected chi connectivity index (χ1v) is 10.2. The molecule has 0 aromatic heterocycles. The molecule has 3 rings (SSSR count). The molecule has 0 bridgehead atoms. The van der Waals surface area contributed by atoms with Crippen LogP contribution in [-0.4, -0.2) is 42.4 Å². The van der Waals surface area contributed by atoms with Gasteiger partial charge in [-0.2, -0.15) is 0 Å². The van der Waals surface area contributed by atoms with Crippen molar-refractivity contribution in [2.45, 2.75) is 32.2 Å². The van der Waals surface area contributed by atoms with Gasteiger partial charge in [-0.05, 0) is 43.5 Å². The maximum Gasteiger partial charge on any atom is 0.269 e. The Morgan fingerprint density at radius 3 is 2.37 bits per heavy atom. The van der Waals surface area contributed by atoms with E-state index in [9.17, 15) is 19.7 Å². The van der Waals surface area contributed by atoms with Gasteiger partial charge in [0.1, 0.15) is 0 Å². The van der Waals surface area contributed by atoms with Crippen LogP contribution < -0.4 is 15.5 Å². The first kappa shape index (κ1) is 21.3. The van der Waals surface area contributed by atoms with Crippen molar-refractivity contribution in [3.8, 4) is 0 Å². The molecular weight excluding hydrogens is 384 g/mol. The number of nitro benzene ring substituents is 1. The Balaban J connectivity index is 1.58. The molecule has 30 heavy (non-hydrogen) atoms. The number of carbonyl (C=O) groups is 2. The number of rotatable bonds is 7. The SMILES string of the molecule is CCCNC(=O)c1ccccc1N1CCC(NC(=O)c2ccc([N+](=O)[O-])cc2)CC1. The molecule has 158 valence electrons. The molecule has 0 atom stereocenters. The van der Waals surface area contributed by atoms with Crippen LogP contribution in [0.25, 0.3) is 0 Å². The van der Waals surface area contributed by atoms with E-state index in [1.165, 1.54) is 24.3 Å². The van der Waals surface area contributed by atoms with Crippen LogP contribution in [0, 0.1) is 10.1 Å².